The first-order chi connectivity index (χ1) is 7.38. The van der Waals surface area contributed by atoms with Gasteiger partial charge in [-0.3, -0.25) is 0 Å². The summed E-state index contributed by atoms with van der Waals surface area (Å²) in [6.45, 7) is 0.715. The third-order valence-electron chi connectivity index (χ3n) is 2.11. The van der Waals surface area contributed by atoms with Gasteiger partial charge >= 0.3 is 0 Å². The van der Waals surface area contributed by atoms with Crippen LogP contribution in [0.25, 0.3) is 0 Å². The fourth-order valence-corrected chi connectivity index (χ4v) is 1.27. The molecule has 4 heteroatoms. The minimum Gasteiger partial charge on any atom is -0.497 e. The van der Waals surface area contributed by atoms with Crippen LogP contribution in [0.15, 0.2) is 43.0 Å². The van der Waals surface area contributed by atoms with Gasteiger partial charge in [0.1, 0.15) is 5.75 Å². The van der Waals surface area contributed by atoms with Gasteiger partial charge in [-0.05, 0) is 24.3 Å². The van der Waals surface area contributed by atoms with E-state index in [1.54, 1.807) is 19.6 Å². The lowest BCUT2D eigenvalue weighted by Crippen LogP contribution is -2.05. The summed E-state index contributed by atoms with van der Waals surface area (Å²) in [6.07, 6.45) is 5.45. The Hall–Kier alpha value is -1.97. The molecule has 0 radical (unpaired) electrons. The molecule has 2 rings (SSSR count). The molecule has 1 aromatic carbocycles. The molecule has 1 N–H and O–H groups in total. The van der Waals surface area contributed by atoms with Crippen molar-refractivity contribution in [1.29, 1.82) is 0 Å². The van der Waals surface area contributed by atoms with Crippen LogP contribution in [0.4, 0.5) is 5.69 Å². The molecule has 0 unspecified atom stereocenters. The predicted molar refractivity (Wildman–Crippen MR) is 58.8 cm³/mol. The summed E-state index contributed by atoms with van der Waals surface area (Å²) in [5, 5.41) is 3.27. The quantitative estimate of drug-likeness (QED) is 0.825. The molecule has 4 nitrogen and oxygen atoms in total. The van der Waals surface area contributed by atoms with E-state index in [0.29, 0.717) is 6.67 Å². The summed E-state index contributed by atoms with van der Waals surface area (Å²) in [5.41, 5.74) is 1.06. The molecule has 1 aromatic heterocycles. The first-order valence-corrected chi connectivity index (χ1v) is 4.72. The van der Waals surface area contributed by atoms with Crippen molar-refractivity contribution in [2.45, 2.75) is 6.67 Å². The van der Waals surface area contributed by atoms with Gasteiger partial charge in [0.15, 0.2) is 0 Å². The number of anilines is 1. The van der Waals surface area contributed by atoms with E-state index in [1.165, 1.54) is 0 Å². The highest BCUT2D eigenvalue weighted by molar-refractivity contribution is 5.45. The summed E-state index contributed by atoms with van der Waals surface area (Å²) in [4.78, 5) is 3.96. The molecule has 0 fully saturated rings. The van der Waals surface area contributed by atoms with Gasteiger partial charge < -0.3 is 14.6 Å². The molecule has 0 bridgehead atoms. The lowest BCUT2D eigenvalue weighted by atomic mass is 10.3. The van der Waals surface area contributed by atoms with Crippen LogP contribution in [0.5, 0.6) is 5.75 Å². The van der Waals surface area contributed by atoms with E-state index in [1.807, 2.05) is 35.0 Å². The average molecular weight is 203 g/mol. The Kier molecular flexibility index (Phi) is 2.88. The minimum atomic E-state index is 0.715. The lowest BCUT2D eigenvalue weighted by Gasteiger charge is -2.07. The zero-order valence-electron chi connectivity index (χ0n) is 8.55. The number of rotatable bonds is 4. The Morgan fingerprint density at radius 2 is 2.13 bits per heavy atom. The van der Waals surface area contributed by atoms with Gasteiger partial charge in [0.2, 0.25) is 0 Å². The normalized spacial score (nSPS) is 9.93. The largest absolute Gasteiger partial charge is 0.497 e. The number of benzene rings is 1. The van der Waals surface area contributed by atoms with E-state index in [0.717, 1.165) is 11.4 Å². The maximum Gasteiger partial charge on any atom is 0.119 e. The van der Waals surface area contributed by atoms with Gasteiger partial charge in [-0.2, -0.15) is 0 Å². The van der Waals surface area contributed by atoms with Crippen LogP contribution in [0.2, 0.25) is 0 Å². The standard InChI is InChI=1S/C11H13N3O/c1-15-11-4-2-10(3-5-11)13-9-14-7-6-12-8-14/h2-8,13H,9H2,1H3. The lowest BCUT2D eigenvalue weighted by molar-refractivity contribution is 0.415. The van der Waals surface area contributed by atoms with Crippen LogP contribution in [0.3, 0.4) is 0 Å². The Morgan fingerprint density at radius 1 is 1.33 bits per heavy atom. The van der Waals surface area contributed by atoms with Crippen LogP contribution >= 0.6 is 0 Å². The van der Waals surface area contributed by atoms with Crippen LogP contribution < -0.4 is 10.1 Å². The summed E-state index contributed by atoms with van der Waals surface area (Å²) >= 11 is 0. The number of aromatic nitrogens is 2. The first-order valence-electron chi connectivity index (χ1n) is 4.72. The van der Waals surface area contributed by atoms with Crippen LogP contribution in [-0.2, 0) is 6.67 Å². The molecule has 0 aliphatic rings. The second-order valence-electron chi connectivity index (χ2n) is 3.14. The van der Waals surface area contributed by atoms with Crippen molar-refractivity contribution < 1.29 is 4.74 Å². The summed E-state index contributed by atoms with van der Waals surface area (Å²) in [7, 11) is 1.66. The molecular weight excluding hydrogens is 190 g/mol. The molecule has 0 atom stereocenters. The van der Waals surface area contributed by atoms with Crippen molar-refractivity contribution >= 4 is 5.69 Å². The SMILES string of the molecule is COc1ccc(NCn2ccnc2)cc1. The van der Waals surface area contributed by atoms with E-state index in [9.17, 15) is 0 Å². The molecule has 78 valence electrons. The summed E-state index contributed by atoms with van der Waals surface area (Å²) in [5.74, 6) is 0.864. The zero-order chi connectivity index (χ0) is 10.5. The number of ether oxygens (including phenoxy) is 1. The van der Waals surface area contributed by atoms with Crippen molar-refractivity contribution in [3.63, 3.8) is 0 Å². The topological polar surface area (TPSA) is 39.1 Å². The van der Waals surface area contributed by atoms with Gasteiger partial charge in [-0.15, -0.1) is 0 Å². The molecule has 0 amide bonds. The van der Waals surface area contributed by atoms with Crippen LogP contribution in [0.1, 0.15) is 0 Å². The van der Waals surface area contributed by atoms with Crippen molar-refractivity contribution in [3.05, 3.63) is 43.0 Å². The van der Waals surface area contributed by atoms with Crippen molar-refractivity contribution in [1.82, 2.24) is 9.55 Å². The highest BCUT2D eigenvalue weighted by atomic mass is 16.5. The van der Waals surface area contributed by atoms with Gasteiger partial charge in [-0.1, -0.05) is 0 Å². The van der Waals surface area contributed by atoms with Crippen molar-refractivity contribution in [3.8, 4) is 5.75 Å². The highest BCUT2D eigenvalue weighted by Gasteiger charge is 1.93. The number of hydrogen-bond acceptors (Lipinski definition) is 3. The molecule has 15 heavy (non-hydrogen) atoms. The number of hydrogen-bond donors (Lipinski definition) is 1. The maximum absolute atomic E-state index is 5.08. The molecule has 1 heterocycles. The van der Waals surface area contributed by atoms with Gasteiger partial charge in [0.05, 0.1) is 20.1 Å². The fraction of sp³-hybridized carbons (Fsp3) is 0.182. The minimum absolute atomic E-state index is 0.715. The van der Waals surface area contributed by atoms with E-state index in [4.69, 9.17) is 4.74 Å². The Labute approximate surface area is 88.5 Å². The smallest absolute Gasteiger partial charge is 0.119 e. The van der Waals surface area contributed by atoms with Gasteiger partial charge in [0, 0.05) is 18.1 Å². The Morgan fingerprint density at radius 3 is 2.73 bits per heavy atom. The molecule has 0 aliphatic carbocycles. The summed E-state index contributed by atoms with van der Waals surface area (Å²) < 4.78 is 7.04. The Bertz CT molecular complexity index is 394. The van der Waals surface area contributed by atoms with Gasteiger partial charge in [0.25, 0.3) is 0 Å². The van der Waals surface area contributed by atoms with Crippen LogP contribution in [-0.4, -0.2) is 16.7 Å². The zero-order valence-corrected chi connectivity index (χ0v) is 8.55. The predicted octanol–water partition coefficient (Wildman–Crippen LogP) is 1.96. The first kappa shape index (κ1) is 9.58. The molecule has 0 aliphatic heterocycles. The molecular formula is C11H13N3O. The fourth-order valence-electron chi connectivity index (χ4n) is 1.27. The summed E-state index contributed by atoms with van der Waals surface area (Å²) in [6, 6.07) is 7.82. The number of nitrogens with one attached hydrogen (secondary N) is 1. The third kappa shape index (κ3) is 2.49. The monoisotopic (exact) mass is 203 g/mol. The maximum atomic E-state index is 5.08. The van der Waals surface area contributed by atoms with E-state index < -0.39 is 0 Å². The number of imidazole rings is 1. The molecule has 0 saturated carbocycles. The highest BCUT2D eigenvalue weighted by Crippen LogP contribution is 2.14. The average Bonchev–Trinajstić information content (AvgIpc) is 2.80. The van der Waals surface area contributed by atoms with Gasteiger partial charge in [-0.25, -0.2) is 4.98 Å². The van der Waals surface area contributed by atoms with E-state index in [2.05, 4.69) is 10.3 Å². The number of nitrogens with zero attached hydrogens (tertiary/aromatic N) is 2. The Balaban J connectivity index is 1.93. The van der Waals surface area contributed by atoms with E-state index in [-0.39, 0.29) is 0 Å². The second kappa shape index (κ2) is 4.50. The van der Waals surface area contributed by atoms with Crippen molar-refractivity contribution in [2.24, 2.45) is 0 Å². The molecule has 2 aromatic rings. The molecule has 0 spiro atoms. The van der Waals surface area contributed by atoms with Crippen molar-refractivity contribution in [2.75, 3.05) is 12.4 Å². The molecule has 0 saturated heterocycles. The van der Waals surface area contributed by atoms with Crippen LogP contribution in [0, 0.1) is 0 Å². The second-order valence-corrected chi connectivity index (χ2v) is 3.14. The number of methoxy groups -OCH3 is 1. The van der Waals surface area contributed by atoms with E-state index >= 15 is 0 Å². The third-order valence-corrected chi connectivity index (χ3v) is 2.11.